The number of aromatic amines is 1. The van der Waals surface area contributed by atoms with Crippen LogP contribution in [0.1, 0.15) is 37.7 Å². The average Bonchev–Trinajstić information content (AvgIpc) is 3.34. The van der Waals surface area contributed by atoms with Crippen LogP contribution in [0.5, 0.6) is 0 Å². The number of hydrogen-bond donors (Lipinski definition) is 3. The van der Waals surface area contributed by atoms with Gasteiger partial charge in [-0.1, -0.05) is 12.8 Å². The predicted molar refractivity (Wildman–Crippen MR) is 104 cm³/mol. The Kier molecular flexibility index (Phi) is 4.38. The van der Waals surface area contributed by atoms with Crippen molar-refractivity contribution in [2.45, 2.75) is 32.1 Å². The van der Waals surface area contributed by atoms with E-state index in [1.165, 1.54) is 44.0 Å². The molecule has 2 aromatic rings. The molecule has 4 rings (SSSR count). The van der Waals surface area contributed by atoms with Gasteiger partial charge in [0.2, 0.25) is 0 Å². The molecule has 0 spiro atoms. The second-order valence-corrected chi connectivity index (χ2v) is 7.40. The topological polar surface area (TPSA) is 84.0 Å². The van der Waals surface area contributed by atoms with Gasteiger partial charge in [-0.3, -0.25) is 0 Å². The molecule has 3 heterocycles. The molecule has 132 valence electrons. The van der Waals surface area contributed by atoms with E-state index in [0.29, 0.717) is 5.70 Å². The molecule has 0 bridgehead atoms. The van der Waals surface area contributed by atoms with Gasteiger partial charge < -0.3 is 21.4 Å². The normalized spacial score (nSPS) is 22.2. The van der Waals surface area contributed by atoms with E-state index in [2.05, 4.69) is 20.9 Å². The van der Waals surface area contributed by atoms with Crippen LogP contribution in [0.2, 0.25) is 0 Å². The first-order valence-corrected chi connectivity index (χ1v) is 9.31. The minimum absolute atomic E-state index is 0.703. The Labute approximate surface area is 148 Å². The Balaban J connectivity index is 1.67. The van der Waals surface area contributed by atoms with Crippen molar-refractivity contribution in [2.75, 3.05) is 18.0 Å². The minimum atomic E-state index is 0.703. The molecule has 1 atom stereocenters. The van der Waals surface area contributed by atoms with E-state index in [-0.39, 0.29) is 0 Å². The average molecular weight is 337 g/mol. The summed E-state index contributed by atoms with van der Waals surface area (Å²) < 4.78 is 0. The van der Waals surface area contributed by atoms with E-state index in [9.17, 15) is 0 Å². The van der Waals surface area contributed by atoms with Crippen LogP contribution in [0.3, 0.4) is 0 Å². The zero-order valence-corrected chi connectivity index (χ0v) is 14.6. The number of nitrogens with one attached hydrogen (secondary N) is 1. The molecule has 2 aromatic heterocycles. The van der Waals surface area contributed by atoms with Crippen molar-refractivity contribution in [2.24, 2.45) is 23.3 Å². The predicted octanol–water partition coefficient (Wildman–Crippen LogP) is 3.35. The number of H-pyrrole nitrogens is 1. The van der Waals surface area contributed by atoms with E-state index in [0.717, 1.165) is 41.5 Å². The van der Waals surface area contributed by atoms with Crippen LogP contribution in [-0.2, 0) is 0 Å². The third-order valence-electron chi connectivity index (χ3n) is 5.47. The summed E-state index contributed by atoms with van der Waals surface area (Å²) in [5, 5.41) is 1.12. The number of hydrogen-bond acceptors (Lipinski definition) is 4. The summed E-state index contributed by atoms with van der Waals surface area (Å²) in [6, 6.07) is 2.13. The number of nitrogens with zero attached hydrogens (tertiary/aromatic N) is 2. The largest absolute Gasteiger partial charge is 0.405 e. The van der Waals surface area contributed by atoms with E-state index in [1.54, 1.807) is 6.08 Å². The van der Waals surface area contributed by atoms with Crippen molar-refractivity contribution in [3.63, 3.8) is 0 Å². The lowest BCUT2D eigenvalue weighted by Gasteiger charge is -2.35. The Morgan fingerprint density at radius 2 is 2.20 bits per heavy atom. The SMILES string of the molecule is N/C=C\C=C(/N)c1c[nH]c2nccc(N3CCC[C@H](CC4CC4)C3)c12. The van der Waals surface area contributed by atoms with Crippen molar-refractivity contribution in [1.82, 2.24) is 9.97 Å². The highest BCUT2D eigenvalue weighted by molar-refractivity contribution is 5.99. The summed E-state index contributed by atoms with van der Waals surface area (Å²) in [5.41, 5.74) is 15.6. The molecule has 0 amide bonds. The first-order chi connectivity index (χ1) is 12.3. The molecular formula is C20H27N5. The van der Waals surface area contributed by atoms with Gasteiger partial charge in [-0.25, -0.2) is 4.98 Å². The van der Waals surface area contributed by atoms with Gasteiger partial charge >= 0.3 is 0 Å². The Morgan fingerprint density at radius 3 is 3.00 bits per heavy atom. The Hall–Kier alpha value is -2.43. The quantitative estimate of drug-likeness (QED) is 0.731. The van der Waals surface area contributed by atoms with E-state index in [4.69, 9.17) is 11.5 Å². The molecule has 0 unspecified atom stereocenters. The van der Waals surface area contributed by atoms with Gasteiger partial charge in [0.05, 0.1) is 5.39 Å². The fraction of sp³-hybridized carbons (Fsp3) is 0.450. The van der Waals surface area contributed by atoms with Crippen LogP contribution < -0.4 is 16.4 Å². The van der Waals surface area contributed by atoms with Gasteiger partial charge in [-0.2, -0.15) is 0 Å². The van der Waals surface area contributed by atoms with E-state index < -0.39 is 0 Å². The van der Waals surface area contributed by atoms with Gasteiger partial charge in [-0.05, 0) is 55.5 Å². The monoisotopic (exact) mass is 337 g/mol. The fourth-order valence-corrected chi connectivity index (χ4v) is 4.08. The summed E-state index contributed by atoms with van der Waals surface area (Å²) in [6.07, 6.45) is 15.8. The van der Waals surface area contributed by atoms with Crippen molar-refractivity contribution in [3.05, 3.63) is 42.4 Å². The molecule has 1 saturated heterocycles. The summed E-state index contributed by atoms with van der Waals surface area (Å²) in [4.78, 5) is 10.3. The molecule has 25 heavy (non-hydrogen) atoms. The zero-order valence-electron chi connectivity index (χ0n) is 14.6. The van der Waals surface area contributed by atoms with E-state index >= 15 is 0 Å². The second-order valence-electron chi connectivity index (χ2n) is 7.40. The molecule has 5 N–H and O–H groups in total. The molecular weight excluding hydrogens is 310 g/mol. The maximum atomic E-state index is 6.28. The fourth-order valence-electron chi connectivity index (χ4n) is 4.08. The molecule has 5 heteroatoms. The smallest absolute Gasteiger partial charge is 0.140 e. The van der Waals surface area contributed by atoms with Gasteiger partial charge in [-0.15, -0.1) is 0 Å². The number of piperidine rings is 1. The third-order valence-corrected chi connectivity index (χ3v) is 5.47. The zero-order chi connectivity index (χ0) is 17.2. The molecule has 2 aliphatic rings. The summed E-state index contributed by atoms with van der Waals surface area (Å²) in [6.45, 7) is 2.25. The number of allylic oxidation sites excluding steroid dienone is 2. The maximum Gasteiger partial charge on any atom is 0.140 e. The van der Waals surface area contributed by atoms with Gasteiger partial charge in [0.25, 0.3) is 0 Å². The van der Waals surface area contributed by atoms with E-state index in [1.807, 2.05) is 18.5 Å². The summed E-state index contributed by atoms with van der Waals surface area (Å²) in [5.74, 6) is 1.81. The number of fused-ring (bicyclic) bond motifs is 1. The molecule has 0 radical (unpaired) electrons. The van der Waals surface area contributed by atoms with Crippen molar-refractivity contribution in [3.8, 4) is 0 Å². The standard InChI is InChI=1S/C20H27N5/c21-8-1-4-17(22)16-12-24-20-19(16)18(7-9-23-20)25-10-2-3-15(13-25)11-14-5-6-14/h1,4,7-9,12,14-15H,2-3,5-6,10-11,13,21-22H2,(H,23,24)/b8-1-,17-4-/t15-/m1/s1. The van der Waals surface area contributed by atoms with Crippen LogP contribution in [-0.4, -0.2) is 23.1 Å². The lowest BCUT2D eigenvalue weighted by Crippen LogP contribution is -2.35. The lowest BCUT2D eigenvalue weighted by atomic mass is 9.92. The number of anilines is 1. The minimum Gasteiger partial charge on any atom is -0.405 e. The molecule has 5 nitrogen and oxygen atoms in total. The van der Waals surface area contributed by atoms with Gasteiger partial charge in [0.15, 0.2) is 0 Å². The number of rotatable bonds is 5. The van der Waals surface area contributed by atoms with Gasteiger partial charge in [0.1, 0.15) is 5.65 Å². The van der Waals surface area contributed by atoms with Crippen LogP contribution in [0, 0.1) is 11.8 Å². The maximum absolute atomic E-state index is 6.28. The van der Waals surface area contributed by atoms with Crippen LogP contribution in [0.15, 0.2) is 36.8 Å². The molecule has 1 aliphatic heterocycles. The number of aromatic nitrogens is 2. The van der Waals surface area contributed by atoms with Crippen molar-refractivity contribution in [1.29, 1.82) is 0 Å². The molecule has 2 fully saturated rings. The van der Waals surface area contributed by atoms with Gasteiger partial charge in [0, 0.05) is 42.4 Å². The van der Waals surface area contributed by atoms with Crippen LogP contribution in [0.25, 0.3) is 16.7 Å². The summed E-state index contributed by atoms with van der Waals surface area (Å²) in [7, 11) is 0. The van der Waals surface area contributed by atoms with Crippen LogP contribution >= 0.6 is 0 Å². The molecule has 1 aliphatic carbocycles. The first-order valence-electron chi connectivity index (χ1n) is 9.31. The van der Waals surface area contributed by atoms with Crippen molar-refractivity contribution < 1.29 is 0 Å². The lowest BCUT2D eigenvalue weighted by molar-refractivity contribution is 0.375. The highest BCUT2D eigenvalue weighted by atomic mass is 15.1. The highest BCUT2D eigenvalue weighted by Crippen LogP contribution is 2.39. The summed E-state index contributed by atoms with van der Waals surface area (Å²) >= 11 is 0. The Bertz CT molecular complexity index is 800. The van der Waals surface area contributed by atoms with Crippen molar-refractivity contribution >= 4 is 22.4 Å². The first kappa shape index (κ1) is 16.1. The van der Waals surface area contributed by atoms with Crippen LogP contribution in [0.4, 0.5) is 5.69 Å². The molecule has 0 aromatic carbocycles. The third kappa shape index (κ3) is 3.36. The Morgan fingerprint density at radius 1 is 1.32 bits per heavy atom. The number of nitrogens with two attached hydrogens (primary N) is 2. The highest BCUT2D eigenvalue weighted by Gasteiger charge is 2.29. The molecule has 1 saturated carbocycles. The second kappa shape index (κ2) is 6.82. The number of pyridine rings is 1.